The molecule has 5 nitrogen and oxygen atoms in total. The number of aromatic nitrogens is 2. The van der Waals surface area contributed by atoms with Crippen LogP contribution >= 0.6 is 11.3 Å². The predicted octanol–water partition coefficient (Wildman–Crippen LogP) is 1.10. The summed E-state index contributed by atoms with van der Waals surface area (Å²) in [6.45, 7) is 6.06. The molecule has 1 amide bonds. The molecule has 0 aliphatic carbocycles. The van der Waals surface area contributed by atoms with Gasteiger partial charge in [-0.1, -0.05) is 25.2 Å². The summed E-state index contributed by atoms with van der Waals surface area (Å²) in [5.41, 5.74) is 0. The van der Waals surface area contributed by atoms with E-state index in [-0.39, 0.29) is 11.9 Å². The van der Waals surface area contributed by atoms with E-state index < -0.39 is 0 Å². The number of hydrogen-bond donors (Lipinski definition) is 1. The van der Waals surface area contributed by atoms with Gasteiger partial charge in [-0.15, -0.1) is 10.2 Å². The van der Waals surface area contributed by atoms with E-state index in [4.69, 9.17) is 0 Å². The molecule has 0 unspecified atom stereocenters. The summed E-state index contributed by atoms with van der Waals surface area (Å²) in [5, 5.41) is 12.4. The van der Waals surface area contributed by atoms with Crippen molar-refractivity contribution in [1.82, 2.24) is 20.4 Å². The summed E-state index contributed by atoms with van der Waals surface area (Å²) in [5.74, 6) is 0.237. The molecule has 1 aromatic heterocycles. The number of nitrogens with one attached hydrogen (secondary N) is 1. The van der Waals surface area contributed by atoms with Gasteiger partial charge in [0.2, 0.25) is 5.01 Å². The van der Waals surface area contributed by atoms with Gasteiger partial charge < -0.3 is 10.2 Å². The number of amides is 1. The normalized spacial score (nSPS) is 21.1. The van der Waals surface area contributed by atoms with Gasteiger partial charge in [-0.2, -0.15) is 0 Å². The van der Waals surface area contributed by atoms with Gasteiger partial charge in [0.25, 0.3) is 5.91 Å². The van der Waals surface area contributed by atoms with Crippen LogP contribution in [0.3, 0.4) is 0 Å². The molecule has 2 heterocycles. The Morgan fingerprint density at radius 2 is 2.29 bits per heavy atom. The number of likely N-dealkylation sites (tertiary alicyclic amines) is 1. The van der Waals surface area contributed by atoms with Gasteiger partial charge >= 0.3 is 0 Å². The summed E-state index contributed by atoms with van der Waals surface area (Å²) >= 11 is 1.39. The third-order valence-electron chi connectivity index (χ3n) is 2.86. The number of nitrogens with zero attached hydrogens (tertiary/aromatic N) is 3. The highest BCUT2D eigenvalue weighted by Gasteiger charge is 2.23. The fraction of sp³-hybridized carbons (Fsp3) is 0.727. The Morgan fingerprint density at radius 3 is 2.82 bits per heavy atom. The zero-order valence-electron chi connectivity index (χ0n) is 10.4. The molecule has 1 aromatic rings. The number of carbonyl (C=O) groups excluding carboxylic acids is 1. The van der Waals surface area contributed by atoms with Crippen molar-refractivity contribution in [2.24, 2.45) is 0 Å². The molecule has 1 aliphatic rings. The average Bonchev–Trinajstić information content (AvgIpc) is 2.86. The standard InChI is InChI=1S/C11H18N4OS/c1-7(2)10-13-14-11(17-10)9(16)12-8-4-5-15(3)6-8/h7-8H,4-6H2,1-3H3,(H,12,16)/t8-/m0/s1. The van der Waals surface area contributed by atoms with E-state index in [1.165, 1.54) is 11.3 Å². The monoisotopic (exact) mass is 254 g/mol. The molecule has 0 aromatic carbocycles. The molecule has 0 spiro atoms. The fourth-order valence-electron chi connectivity index (χ4n) is 1.86. The van der Waals surface area contributed by atoms with Gasteiger partial charge in [-0.3, -0.25) is 4.79 Å². The molecule has 1 fully saturated rings. The van der Waals surface area contributed by atoms with E-state index in [1.807, 2.05) is 13.8 Å². The zero-order valence-corrected chi connectivity index (χ0v) is 11.3. The molecule has 0 bridgehead atoms. The number of hydrogen-bond acceptors (Lipinski definition) is 5. The van der Waals surface area contributed by atoms with Crippen LogP contribution < -0.4 is 5.32 Å². The Kier molecular flexibility index (Phi) is 3.73. The van der Waals surface area contributed by atoms with Crippen molar-refractivity contribution in [1.29, 1.82) is 0 Å². The maximum absolute atomic E-state index is 11.9. The molecular formula is C11H18N4OS. The lowest BCUT2D eigenvalue weighted by Gasteiger charge is -2.11. The molecule has 6 heteroatoms. The van der Waals surface area contributed by atoms with Gasteiger partial charge in [-0.25, -0.2) is 0 Å². The summed E-state index contributed by atoms with van der Waals surface area (Å²) in [6.07, 6.45) is 1.01. The van der Waals surface area contributed by atoms with Crippen LogP contribution in [0.25, 0.3) is 0 Å². The lowest BCUT2D eigenvalue weighted by atomic mass is 10.2. The van der Waals surface area contributed by atoms with Crippen molar-refractivity contribution in [2.75, 3.05) is 20.1 Å². The lowest BCUT2D eigenvalue weighted by molar-refractivity contribution is 0.0937. The van der Waals surface area contributed by atoms with Crippen LogP contribution in [0, 0.1) is 0 Å². The van der Waals surface area contributed by atoms with Crippen molar-refractivity contribution in [2.45, 2.75) is 32.2 Å². The molecular weight excluding hydrogens is 236 g/mol. The van der Waals surface area contributed by atoms with Gasteiger partial charge in [0.15, 0.2) is 0 Å². The number of rotatable bonds is 3. The maximum atomic E-state index is 11.9. The SMILES string of the molecule is CC(C)c1nnc(C(=O)N[C@H]2CCN(C)C2)s1. The largest absolute Gasteiger partial charge is 0.346 e. The summed E-state index contributed by atoms with van der Waals surface area (Å²) in [4.78, 5) is 14.1. The minimum absolute atomic E-state index is 0.0882. The zero-order chi connectivity index (χ0) is 12.4. The van der Waals surface area contributed by atoms with Crippen LogP contribution in [0.15, 0.2) is 0 Å². The Balaban J connectivity index is 1.95. The van der Waals surface area contributed by atoms with Gasteiger partial charge in [0, 0.05) is 18.5 Å². The molecule has 1 atom stereocenters. The highest BCUT2D eigenvalue weighted by Crippen LogP contribution is 2.19. The van der Waals surface area contributed by atoms with Gasteiger partial charge in [0.05, 0.1) is 0 Å². The lowest BCUT2D eigenvalue weighted by Crippen LogP contribution is -2.36. The summed E-state index contributed by atoms with van der Waals surface area (Å²) in [6, 6.07) is 0.249. The topological polar surface area (TPSA) is 58.1 Å². The van der Waals surface area contributed by atoms with Crippen LogP contribution in [-0.4, -0.2) is 47.2 Å². The molecule has 1 N–H and O–H groups in total. The Bertz CT molecular complexity index is 404. The van der Waals surface area contributed by atoms with Crippen LogP contribution in [0.5, 0.6) is 0 Å². The molecule has 17 heavy (non-hydrogen) atoms. The number of likely N-dealkylation sites (N-methyl/N-ethyl adjacent to an activating group) is 1. The van der Waals surface area contributed by atoms with E-state index in [0.717, 1.165) is 24.5 Å². The first-order valence-electron chi connectivity index (χ1n) is 5.89. The van der Waals surface area contributed by atoms with Crippen molar-refractivity contribution in [3.8, 4) is 0 Å². The Labute approximate surface area is 105 Å². The van der Waals surface area contributed by atoms with E-state index in [2.05, 4.69) is 27.5 Å². The maximum Gasteiger partial charge on any atom is 0.282 e. The first kappa shape index (κ1) is 12.4. The molecule has 1 aliphatic heterocycles. The highest BCUT2D eigenvalue weighted by molar-refractivity contribution is 7.13. The average molecular weight is 254 g/mol. The van der Waals surface area contributed by atoms with Crippen molar-refractivity contribution >= 4 is 17.2 Å². The van der Waals surface area contributed by atoms with Gasteiger partial charge in [0.1, 0.15) is 5.01 Å². The second-order valence-electron chi connectivity index (χ2n) is 4.82. The minimum atomic E-state index is -0.0882. The predicted molar refractivity (Wildman–Crippen MR) is 67.4 cm³/mol. The van der Waals surface area contributed by atoms with Crippen molar-refractivity contribution < 1.29 is 4.79 Å². The minimum Gasteiger partial charge on any atom is -0.346 e. The van der Waals surface area contributed by atoms with Crippen molar-refractivity contribution in [3.05, 3.63) is 10.0 Å². The molecule has 94 valence electrons. The van der Waals surface area contributed by atoms with Crippen LogP contribution in [0.1, 0.15) is 41.0 Å². The number of carbonyl (C=O) groups is 1. The first-order chi connectivity index (χ1) is 8.06. The second kappa shape index (κ2) is 5.10. The molecule has 0 radical (unpaired) electrons. The van der Waals surface area contributed by atoms with E-state index >= 15 is 0 Å². The summed E-state index contributed by atoms with van der Waals surface area (Å²) < 4.78 is 0. The third kappa shape index (κ3) is 3.01. The van der Waals surface area contributed by atoms with Crippen LogP contribution in [-0.2, 0) is 0 Å². The smallest absolute Gasteiger partial charge is 0.282 e. The first-order valence-corrected chi connectivity index (χ1v) is 6.70. The summed E-state index contributed by atoms with van der Waals surface area (Å²) in [7, 11) is 2.06. The van der Waals surface area contributed by atoms with E-state index in [0.29, 0.717) is 10.9 Å². The molecule has 0 saturated carbocycles. The molecule has 1 saturated heterocycles. The van der Waals surface area contributed by atoms with Gasteiger partial charge in [-0.05, 0) is 20.0 Å². The highest BCUT2D eigenvalue weighted by atomic mass is 32.1. The second-order valence-corrected chi connectivity index (χ2v) is 5.83. The molecule has 2 rings (SSSR count). The van der Waals surface area contributed by atoms with Crippen LogP contribution in [0.2, 0.25) is 0 Å². The fourth-order valence-corrected chi connectivity index (χ4v) is 2.61. The van der Waals surface area contributed by atoms with E-state index in [9.17, 15) is 4.79 Å². The quantitative estimate of drug-likeness (QED) is 0.877. The Hall–Kier alpha value is -1.01. The third-order valence-corrected chi connectivity index (χ3v) is 4.08. The van der Waals surface area contributed by atoms with Crippen molar-refractivity contribution in [3.63, 3.8) is 0 Å². The van der Waals surface area contributed by atoms with Crippen LogP contribution in [0.4, 0.5) is 0 Å². The van der Waals surface area contributed by atoms with E-state index in [1.54, 1.807) is 0 Å². The Morgan fingerprint density at radius 1 is 1.53 bits per heavy atom.